The molecule has 1 aromatic heterocycles. The molecule has 0 saturated carbocycles. The second kappa shape index (κ2) is 12.1. The molecular formula is C33H42N4O4S. The number of piperidine rings is 1. The van der Waals surface area contributed by atoms with Crippen molar-refractivity contribution >= 4 is 33.8 Å². The van der Waals surface area contributed by atoms with E-state index in [0.717, 1.165) is 29.8 Å². The van der Waals surface area contributed by atoms with Crippen LogP contribution in [0.15, 0.2) is 39.8 Å². The SMILES string of the molecule is Cc1cc(C)c(C=Cc2onc(C)c2S(=O)(=O)N2CCC(C(=O)N3CCN(c4cccc(C)c4C)CC3)CC2)c(C)c1. The van der Waals surface area contributed by atoms with Crippen molar-refractivity contribution in [3.05, 3.63) is 75.2 Å². The van der Waals surface area contributed by atoms with Crippen molar-refractivity contribution in [2.24, 2.45) is 5.92 Å². The Kier molecular flexibility index (Phi) is 8.62. The highest BCUT2D eigenvalue weighted by Gasteiger charge is 2.37. The van der Waals surface area contributed by atoms with Crippen molar-refractivity contribution in [3.8, 4) is 0 Å². The Hall–Kier alpha value is -3.43. The Morgan fingerprint density at radius 2 is 1.52 bits per heavy atom. The number of amides is 1. The van der Waals surface area contributed by atoms with E-state index in [0.29, 0.717) is 44.7 Å². The quantitative estimate of drug-likeness (QED) is 0.380. The fraction of sp³-hybridized carbons (Fsp3) is 0.455. The second-order valence-electron chi connectivity index (χ2n) is 11.8. The second-order valence-corrected chi connectivity index (χ2v) is 13.7. The molecule has 2 aliphatic heterocycles. The molecule has 0 radical (unpaired) electrons. The Balaban J connectivity index is 1.22. The van der Waals surface area contributed by atoms with Crippen LogP contribution < -0.4 is 4.90 Å². The highest BCUT2D eigenvalue weighted by Crippen LogP contribution is 2.31. The van der Waals surface area contributed by atoms with Crippen LogP contribution in [-0.4, -0.2) is 68.0 Å². The predicted octanol–water partition coefficient (Wildman–Crippen LogP) is 5.45. The summed E-state index contributed by atoms with van der Waals surface area (Å²) in [6.45, 7) is 15.6. The van der Waals surface area contributed by atoms with Crippen LogP contribution in [0.2, 0.25) is 0 Å². The van der Waals surface area contributed by atoms with Crippen molar-refractivity contribution < 1.29 is 17.7 Å². The zero-order chi connectivity index (χ0) is 30.2. The summed E-state index contributed by atoms with van der Waals surface area (Å²) in [4.78, 5) is 17.8. The number of anilines is 1. The zero-order valence-corrected chi connectivity index (χ0v) is 26.4. The molecular weight excluding hydrogens is 548 g/mol. The number of nitrogens with zero attached hydrogens (tertiary/aromatic N) is 4. The molecule has 3 heterocycles. The first-order chi connectivity index (χ1) is 20.0. The summed E-state index contributed by atoms with van der Waals surface area (Å²) >= 11 is 0. The molecule has 0 spiro atoms. The number of aromatic nitrogens is 1. The number of piperazine rings is 1. The lowest BCUT2D eigenvalue weighted by molar-refractivity contribution is -0.137. The van der Waals surface area contributed by atoms with E-state index < -0.39 is 10.0 Å². The van der Waals surface area contributed by atoms with Crippen LogP contribution in [0.4, 0.5) is 5.69 Å². The first-order valence-corrected chi connectivity index (χ1v) is 16.2. The Morgan fingerprint density at radius 3 is 2.17 bits per heavy atom. The number of benzene rings is 2. The maximum atomic E-state index is 13.8. The molecule has 2 aliphatic rings. The summed E-state index contributed by atoms with van der Waals surface area (Å²) in [5.74, 6) is 0.201. The van der Waals surface area contributed by atoms with Gasteiger partial charge in [-0.25, -0.2) is 8.42 Å². The Labute approximate surface area is 250 Å². The third kappa shape index (κ3) is 5.90. The van der Waals surface area contributed by atoms with Crippen molar-refractivity contribution in [2.45, 2.75) is 59.3 Å². The van der Waals surface area contributed by atoms with E-state index in [1.165, 1.54) is 26.7 Å². The number of sulfonamides is 1. The van der Waals surface area contributed by atoms with E-state index in [4.69, 9.17) is 4.52 Å². The van der Waals surface area contributed by atoms with Gasteiger partial charge < -0.3 is 14.3 Å². The van der Waals surface area contributed by atoms with Crippen LogP contribution in [-0.2, 0) is 14.8 Å². The summed E-state index contributed by atoms with van der Waals surface area (Å²) < 4.78 is 34.5. The number of aryl methyl sites for hydroxylation is 5. The maximum Gasteiger partial charge on any atom is 0.248 e. The van der Waals surface area contributed by atoms with Gasteiger partial charge in [0.25, 0.3) is 0 Å². The lowest BCUT2D eigenvalue weighted by Gasteiger charge is -2.39. The highest BCUT2D eigenvalue weighted by atomic mass is 32.2. The number of carbonyl (C=O) groups excluding carboxylic acids is 1. The number of hydrogen-bond acceptors (Lipinski definition) is 6. The van der Waals surface area contributed by atoms with Crippen molar-refractivity contribution in [2.75, 3.05) is 44.2 Å². The van der Waals surface area contributed by atoms with Crippen molar-refractivity contribution in [3.63, 3.8) is 0 Å². The van der Waals surface area contributed by atoms with E-state index in [2.05, 4.69) is 61.2 Å². The summed E-state index contributed by atoms with van der Waals surface area (Å²) in [5, 5.41) is 3.99. The first kappa shape index (κ1) is 30.0. The fourth-order valence-electron chi connectivity index (χ4n) is 6.39. The van der Waals surface area contributed by atoms with Crippen LogP contribution in [0.25, 0.3) is 12.2 Å². The summed E-state index contributed by atoms with van der Waals surface area (Å²) in [6, 6.07) is 10.6. The maximum absolute atomic E-state index is 13.8. The zero-order valence-electron chi connectivity index (χ0n) is 25.6. The van der Waals surface area contributed by atoms with E-state index in [1.54, 1.807) is 13.0 Å². The largest absolute Gasteiger partial charge is 0.368 e. The molecule has 224 valence electrons. The molecule has 0 N–H and O–H groups in total. The number of carbonyl (C=O) groups is 1. The van der Waals surface area contributed by atoms with E-state index in [9.17, 15) is 13.2 Å². The molecule has 2 saturated heterocycles. The Bertz CT molecular complexity index is 1590. The smallest absolute Gasteiger partial charge is 0.248 e. The lowest BCUT2D eigenvalue weighted by atomic mass is 9.96. The number of rotatable bonds is 6. The molecule has 2 fully saturated rings. The van der Waals surface area contributed by atoms with E-state index >= 15 is 0 Å². The number of hydrogen-bond donors (Lipinski definition) is 0. The molecule has 2 aromatic carbocycles. The molecule has 9 heteroatoms. The van der Waals surface area contributed by atoms with Crippen LogP contribution in [0.1, 0.15) is 57.7 Å². The van der Waals surface area contributed by atoms with Gasteiger partial charge in [0.1, 0.15) is 5.69 Å². The van der Waals surface area contributed by atoms with Crippen molar-refractivity contribution in [1.29, 1.82) is 0 Å². The molecule has 42 heavy (non-hydrogen) atoms. The van der Waals surface area contributed by atoms with E-state index in [-0.39, 0.29) is 22.5 Å². The van der Waals surface area contributed by atoms with Gasteiger partial charge in [-0.2, -0.15) is 4.31 Å². The molecule has 0 bridgehead atoms. The van der Waals surface area contributed by atoms with Crippen LogP contribution >= 0.6 is 0 Å². The van der Waals surface area contributed by atoms with Gasteiger partial charge in [-0.3, -0.25) is 4.79 Å². The lowest BCUT2D eigenvalue weighted by Crippen LogP contribution is -2.52. The third-order valence-corrected chi connectivity index (χ3v) is 10.9. The summed E-state index contributed by atoms with van der Waals surface area (Å²) in [5.41, 5.74) is 8.58. The van der Waals surface area contributed by atoms with Crippen LogP contribution in [0, 0.1) is 47.5 Å². The predicted molar refractivity (Wildman–Crippen MR) is 167 cm³/mol. The van der Waals surface area contributed by atoms with Crippen LogP contribution in [0.3, 0.4) is 0 Å². The monoisotopic (exact) mass is 590 g/mol. The molecule has 1 amide bonds. The minimum Gasteiger partial charge on any atom is -0.368 e. The standard InChI is InChI=1S/C33H42N4O4S/c1-22-20-24(3)29(25(4)21-22)10-11-31-32(27(6)34-41-31)42(39,40)37-14-12-28(13-15-37)33(38)36-18-16-35(17-19-36)30-9-7-8-23(2)26(30)5/h7-11,20-21,28H,12-19H2,1-6H3. The van der Waals surface area contributed by atoms with Gasteiger partial charge in [-0.05, 0) is 94.3 Å². The van der Waals surface area contributed by atoms with Gasteiger partial charge in [-0.1, -0.05) is 41.1 Å². The van der Waals surface area contributed by atoms with Gasteiger partial charge in [-0.15, -0.1) is 0 Å². The average molecular weight is 591 g/mol. The molecule has 0 unspecified atom stereocenters. The van der Waals surface area contributed by atoms with Gasteiger partial charge in [0.2, 0.25) is 15.9 Å². The minimum absolute atomic E-state index is 0.105. The normalized spacial score (nSPS) is 17.4. The van der Waals surface area contributed by atoms with Gasteiger partial charge in [0.15, 0.2) is 10.7 Å². The van der Waals surface area contributed by atoms with Gasteiger partial charge in [0.05, 0.1) is 0 Å². The van der Waals surface area contributed by atoms with Crippen LogP contribution in [0.5, 0.6) is 0 Å². The topological polar surface area (TPSA) is 87.0 Å². The summed E-state index contributed by atoms with van der Waals surface area (Å²) in [7, 11) is -3.84. The average Bonchev–Trinajstić information content (AvgIpc) is 3.34. The minimum atomic E-state index is -3.84. The molecule has 8 nitrogen and oxygen atoms in total. The Morgan fingerprint density at radius 1 is 0.881 bits per heavy atom. The molecule has 3 aromatic rings. The van der Waals surface area contributed by atoms with E-state index in [1.807, 2.05) is 24.8 Å². The fourth-order valence-corrected chi connectivity index (χ4v) is 8.11. The highest BCUT2D eigenvalue weighted by molar-refractivity contribution is 7.89. The van der Waals surface area contributed by atoms with Gasteiger partial charge in [0, 0.05) is 50.9 Å². The van der Waals surface area contributed by atoms with Gasteiger partial charge >= 0.3 is 0 Å². The molecule has 0 aliphatic carbocycles. The first-order valence-electron chi connectivity index (χ1n) is 14.8. The summed E-state index contributed by atoms with van der Waals surface area (Å²) in [6.07, 6.45) is 4.61. The third-order valence-electron chi connectivity index (χ3n) is 8.88. The molecule has 0 atom stereocenters. The van der Waals surface area contributed by atoms with Crippen molar-refractivity contribution in [1.82, 2.24) is 14.4 Å². The molecule has 5 rings (SSSR count).